The summed E-state index contributed by atoms with van der Waals surface area (Å²) in [6, 6.07) is 2.02. The fourth-order valence-electron chi connectivity index (χ4n) is 2.05. The number of hydrogen-bond acceptors (Lipinski definition) is 3. The second-order valence-electron chi connectivity index (χ2n) is 4.32. The van der Waals surface area contributed by atoms with Crippen LogP contribution in [-0.4, -0.2) is 9.78 Å². The summed E-state index contributed by atoms with van der Waals surface area (Å²) in [5.41, 5.74) is 8.55. The monoisotopic (exact) mass is 233 g/mol. The average molecular weight is 233 g/mol. The molecule has 4 nitrogen and oxygen atoms in total. The van der Waals surface area contributed by atoms with Gasteiger partial charge in [-0.1, -0.05) is 6.92 Å². The van der Waals surface area contributed by atoms with E-state index >= 15 is 0 Å². The molecule has 0 saturated heterocycles. The molecule has 0 aromatic carbocycles. The highest BCUT2D eigenvalue weighted by atomic mass is 16.3. The molecule has 0 fully saturated rings. The quantitative estimate of drug-likeness (QED) is 0.861. The lowest BCUT2D eigenvalue weighted by Gasteiger charge is -2.10. The third-order valence-corrected chi connectivity index (χ3v) is 3.00. The normalized spacial score (nSPS) is 12.9. The van der Waals surface area contributed by atoms with Gasteiger partial charge in [-0.05, 0) is 24.5 Å². The average Bonchev–Trinajstić information content (AvgIpc) is 2.94. The number of nitrogens with two attached hydrogens (primary N) is 1. The van der Waals surface area contributed by atoms with Gasteiger partial charge in [-0.3, -0.25) is 4.68 Å². The zero-order valence-corrected chi connectivity index (χ0v) is 10.4. The lowest BCUT2D eigenvalue weighted by molar-refractivity contribution is 0.502. The van der Waals surface area contributed by atoms with Crippen LogP contribution < -0.4 is 5.73 Å². The van der Waals surface area contributed by atoms with Crippen molar-refractivity contribution in [2.24, 2.45) is 12.8 Å². The van der Waals surface area contributed by atoms with Crippen molar-refractivity contribution in [2.45, 2.75) is 32.2 Å². The van der Waals surface area contributed by atoms with Gasteiger partial charge in [0.1, 0.15) is 5.76 Å². The third-order valence-electron chi connectivity index (χ3n) is 3.00. The SMILES string of the molecule is CCc1occc1C(N)CCc1cnn(C)c1. The van der Waals surface area contributed by atoms with Crippen LogP contribution in [0.1, 0.15) is 36.3 Å². The first-order valence-electron chi connectivity index (χ1n) is 6.00. The van der Waals surface area contributed by atoms with E-state index in [9.17, 15) is 0 Å². The van der Waals surface area contributed by atoms with Crippen LogP contribution in [0.4, 0.5) is 0 Å². The Kier molecular flexibility index (Phi) is 3.64. The summed E-state index contributed by atoms with van der Waals surface area (Å²) in [7, 11) is 1.93. The summed E-state index contributed by atoms with van der Waals surface area (Å²) in [5.74, 6) is 1.00. The molecule has 1 unspecified atom stereocenters. The van der Waals surface area contributed by atoms with Crippen molar-refractivity contribution in [3.8, 4) is 0 Å². The van der Waals surface area contributed by atoms with Gasteiger partial charge >= 0.3 is 0 Å². The highest BCUT2D eigenvalue weighted by molar-refractivity contribution is 5.21. The molecular formula is C13H19N3O. The van der Waals surface area contributed by atoms with E-state index in [2.05, 4.69) is 12.0 Å². The predicted molar refractivity (Wildman–Crippen MR) is 66.5 cm³/mol. The van der Waals surface area contributed by atoms with Gasteiger partial charge in [-0.25, -0.2) is 0 Å². The highest BCUT2D eigenvalue weighted by Crippen LogP contribution is 2.22. The Morgan fingerprint density at radius 2 is 2.35 bits per heavy atom. The molecule has 2 rings (SSSR count). The molecule has 2 N–H and O–H groups in total. The van der Waals surface area contributed by atoms with Crippen LogP contribution in [0.5, 0.6) is 0 Å². The van der Waals surface area contributed by atoms with Crippen LogP contribution in [-0.2, 0) is 19.9 Å². The molecule has 1 atom stereocenters. The Morgan fingerprint density at radius 3 is 3.00 bits per heavy atom. The summed E-state index contributed by atoms with van der Waals surface area (Å²) < 4.78 is 7.21. The minimum atomic E-state index is 0.0453. The number of hydrogen-bond donors (Lipinski definition) is 1. The van der Waals surface area contributed by atoms with Gasteiger partial charge < -0.3 is 10.2 Å². The van der Waals surface area contributed by atoms with E-state index in [1.54, 1.807) is 6.26 Å². The van der Waals surface area contributed by atoms with Gasteiger partial charge in [0.2, 0.25) is 0 Å². The van der Waals surface area contributed by atoms with Crippen molar-refractivity contribution in [2.75, 3.05) is 0 Å². The smallest absolute Gasteiger partial charge is 0.108 e. The topological polar surface area (TPSA) is 57.0 Å². The zero-order valence-electron chi connectivity index (χ0n) is 10.4. The second kappa shape index (κ2) is 5.19. The fraction of sp³-hybridized carbons (Fsp3) is 0.462. The molecule has 0 radical (unpaired) electrons. The number of aromatic nitrogens is 2. The molecule has 0 aliphatic carbocycles. The number of furan rings is 1. The summed E-state index contributed by atoms with van der Waals surface area (Å²) in [6.45, 7) is 2.08. The van der Waals surface area contributed by atoms with E-state index in [1.807, 2.05) is 30.2 Å². The van der Waals surface area contributed by atoms with Gasteiger partial charge in [0.05, 0.1) is 12.5 Å². The van der Waals surface area contributed by atoms with E-state index in [-0.39, 0.29) is 6.04 Å². The maximum absolute atomic E-state index is 6.18. The van der Waals surface area contributed by atoms with E-state index in [4.69, 9.17) is 10.2 Å². The maximum atomic E-state index is 6.18. The minimum Gasteiger partial charge on any atom is -0.469 e. The van der Waals surface area contributed by atoms with Gasteiger partial charge in [0.15, 0.2) is 0 Å². The van der Waals surface area contributed by atoms with Crippen LogP contribution in [0.3, 0.4) is 0 Å². The fourth-order valence-corrected chi connectivity index (χ4v) is 2.05. The first kappa shape index (κ1) is 11.9. The van der Waals surface area contributed by atoms with Crippen molar-refractivity contribution >= 4 is 0 Å². The molecule has 0 bridgehead atoms. The Labute approximate surface area is 101 Å². The summed E-state index contributed by atoms with van der Waals surface area (Å²) in [5, 5.41) is 4.15. The molecule has 0 aliphatic rings. The molecule has 0 amide bonds. The van der Waals surface area contributed by atoms with Crippen LogP contribution in [0, 0.1) is 0 Å². The van der Waals surface area contributed by atoms with Crippen molar-refractivity contribution in [3.63, 3.8) is 0 Å². The first-order valence-corrected chi connectivity index (χ1v) is 6.00. The number of aryl methyl sites for hydroxylation is 3. The Hall–Kier alpha value is -1.55. The molecule has 0 aliphatic heterocycles. The summed E-state index contributed by atoms with van der Waals surface area (Å²) >= 11 is 0. The highest BCUT2D eigenvalue weighted by Gasteiger charge is 2.13. The third kappa shape index (κ3) is 2.77. The Bertz CT molecular complexity index is 472. The molecule has 17 heavy (non-hydrogen) atoms. The Balaban J connectivity index is 1.95. The molecule has 0 saturated carbocycles. The molecule has 2 aromatic rings. The Morgan fingerprint density at radius 1 is 1.53 bits per heavy atom. The second-order valence-corrected chi connectivity index (χ2v) is 4.32. The van der Waals surface area contributed by atoms with Gasteiger partial charge in [0.25, 0.3) is 0 Å². The molecule has 2 heterocycles. The summed E-state index contributed by atoms with van der Waals surface area (Å²) in [4.78, 5) is 0. The van der Waals surface area contributed by atoms with E-state index in [0.717, 1.165) is 30.6 Å². The van der Waals surface area contributed by atoms with Crippen molar-refractivity contribution < 1.29 is 4.42 Å². The molecule has 92 valence electrons. The molecule has 2 aromatic heterocycles. The number of rotatable bonds is 5. The van der Waals surface area contributed by atoms with Crippen molar-refractivity contribution in [3.05, 3.63) is 41.6 Å². The van der Waals surface area contributed by atoms with Gasteiger partial charge in [0, 0.05) is 31.3 Å². The summed E-state index contributed by atoms with van der Waals surface area (Å²) in [6.07, 6.45) is 8.40. The first-order chi connectivity index (χ1) is 8.20. The molecular weight excluding hydrogens is 214 g/mol. The van der Waals surface area contributed by atoms with Gasteiger partial charge in [-0.2, -0.15) is 5.10 Å². The predicted octanol–water partition coefficient (Wildman–Crippen LogP) is 2.21. The number of nitrogens with zero attached hydrogens (tertiary/aromatic N) is 2. The minimum absolute atomic E-state index is 0.0453. The van der Waals surface area contributed by atoms with E-state index in [0.29, 0.717) is 0 Å². The largest absolute Gasteiger partial charge is 0.469 e. The molecule has 0 spiro atoms. The van der Waals surface area contributed by atoms with E-state index in [1.165, 1.54) is 5.56 Å². The van der Waals surface area contributed by atoms with Crippen LogP contribution in [0.25, 0.3) is 0 Å². The lowest BCUT2D eigenvalue weighted by atomic mass is 10.0. The maximum Gasteiger partial charge on any atom is 0.108 e. The van der Waals surface area contributed by atoms with Crippen molar-refractivity contribution in [1.29, 1.82) is 0 Å². The van der Waals surface area contributed by atoms with Crippen molar-refractivity contribution in [1.82, 2.24) is 9.78 Å². The van der Waals surface area contributed by atoms with Crippen LogP contribution in [0.15, 0.2) is 29.1 Å². The standard InChI is InChI=1S/C13H19N3O/c1-3-13-11(6-7-17-13)12(14)5-4-10-8-15-16(2)9-10/h6-9,12H,3-5,14H2,1-2H3. The lowest BCUT2D eigenvalue weighted by Crippen LogP contribution is -2.12. The molecule has 4 heteroatoms. The van der Waals surface area contributed by atoms with Gasteiger partial charge in [-0.15, -0.1) is 0 Å². The van der Waals surface area contributed by atoms with Crippen LogP contribution >= 0.6 is 0 Å². The van der Waals surface area contributed by atoms with E-state index < -0.39 is 0 Å². The van der Waals surface area contributed by atoms with Crippen LogP contribution in [0.2, 0.25) is 0 Å². The zero-order chi connectivity index (χ0) is 12.3.